The van der Waals surface area contributed by atoms with E-state index >= 15 is 0 Å². The third-order valence-corrected chi connectivity index (χ3v) is 3.94. The van der Waals surface area contributed by atoms with E-state index < -0.39 is 6.10 Å². The summed E-state index contributed by atoms with van der Waals surface area (Å²) < 4.78 is 10.2. The SMILES string of the molecule is OC(CSCc1nc(-c2ccoc2)no1)c1ccccc1. The van der Waals surface area contributed by atoms with Gasteiger partial charge in [-0.05, 0) is 11.6 Å². The van der Waals surface area contributed by atoms with E-state index in [9.17, 15) is 5.11 Å². The Morgan fingerprint density at radius 2 is 2.05 bits per heavy atom. The zero-order valence-electron chi connectivity index (χ0n) is 11.2. The fraction of sp³-hybridized carbons (Fsp3) is 0.200. The molecule has 0 aliphatic heterocycles. The minimum Gasteiger partial charge on any atom is -0.472 e. The van der Waals surface area contributed by atoms with Gasteiger partial charge in [-0.3, -0.25) is 0 Å². The van der Waals surface area contributed by atoms with E-state index in [0.29, 0.717) is 23.2 Å². The average Bonchev–Trinajstić information content (AvgIpc) is 3.19. The van der Waals surface area contributed by atoms with E-state index in [1.807, 2.05) is 30.3 Å². The Hall–Kier alpha value is -2.05. The molecule has 0 fully saturated rings. The first kappa shape index (κ1) is 13.9. The lowest BCUT2D eigenvalue weighted by Crippen LogP contribution is -2.00. The molecular formula is C15H14N2O3S. The normalized spacial score (nSPS) is 12.4. The summed E-state index contributed by atoms with van der Waals surface area (Å²) in [6, 6.07) is 11.4. The summed E-state index contributed by atoms with van der Waals surface area (Å²) >= 11 is 1.55. The summed E-state index contributed by atoms with van der Waals surface area (Å²) in [5.74, 6) is 2.20. The molecule has 0 amide bonds. The van der Waals surface area contributed by atoms with Gasteiger partial charge in [0.2, 0.25) is 11.7 Å². The van der Waals surface area contributed by atoms with Crippen molar-refractivity contribution in [1.29, 1.82) is 0 Å². The number of hydrogen-bond acceptors (Lipinski definition) is 6. The number of benzene rings is 1. The second-order valence-electron chi connectivity index (χ2n) is 4.47. The summed E-state index contributed by atoms with van der Waals surface area (Å²) in [6.45, 7) is 0. The largest absolute Gasteiger partial charge is 0.472 e. The number of thioether (sulfide) groups is 1. The molecule has 0 bridgehead atoms. The predicted molar refractivity (Wildman–Crippen MR) is 79.6 cm³/mol. The molecule has 0 saturated heterocycles. The molecule has 1 N–H and O–H groups in total. The molecule has 2 aromatic heterocycles. The number of nitrogens with zero attached hydrogens (tertiary/aromatic N) is 2. The Labute approximate surface area is 126 Å². The molecule has 0 spiro atoms. The van der Waals surface area contributed by atoms with Crippen molar-refractivity contribution in [1.82, 2.24) is 10.1 Å². The monoisotopic (exact) mass is 302 g/mol. The molecule has 21 heavy (non-hydrogen) atoms. The van der Waals surface area contributed by atoms with Crippen LogP contribution in [-0.2, 0) is 5.75 Å². The van der Waals surface area contributed by atoms with Crippen LogP contribution in [0, 0.1) is 0 Å². The maximum atomic E-state index is 10.1. The lowest BCUT2D eigenvalue weighted by Gasteiger charge is -2.09. The Morgan fingerprint density at radius 1 is 1.19 bits per heavy atom. The quantitative estimate of drug-likeness (QED) is 0.753. The van der Waals surface area contributed by atoms with Gasteiger partial charge in [-0.25, -0.2) is 0 Å². The summed E-state index contributed by atoms with van der Waals surface area (Å²) in [5, 5.41) is 13.9. The zero-order chi connectivity index (χ0) is 14.5. The van der Waals surface area contributed by atoms with Gasteiger partial charge in [-0.2, -0.15) is 4.98 Å². The van der Waals surface area contributed by atoms with Crippen LogP contribution in [0.4, 0.5) is 0 Å². The lowest BCUT2D eigenvalue weighted by atomic mass is 10.1. The van der Waals surface area contributed by atoms with Gasteiger partial charge in [0.15, 0.2) is 0 Å². The Bertz CT molecular complexity index is 667. The van der Waals surface area contributed by atoms with Crippen molar-refractivity contribution in [2.75, 3.05) is 5.75 Å². The molecule has 1 aromatic carbocycles. The third-order valence-electron chi connectivity index (χ3n) is 2.93. The van der Waals surface area contributed by atoms with Crippen molar-refractivity contribution < 1.29 is 14.0 Å². The zero-order valence-corrected chi connectivity index (χ0v) is 12.0. The highest BCUT2D eigenvalue weighted by molar-refractivity contribution is 7.98. The van der Waals surface area contributed by atoms with Crippen molar-refractivity contribution >= 4 is 11.8 Å². The molecule has 0 saturated carbocycles. The van der Waals surface area contributed by atoms with Crippen LogP contribution in [-0.4, -0.2) is 21.0 Å². The molecule has 0 aliphatic rings. The standard InChI is InChI=1S/C15H14N2O3S/c18-13(11-4-2-1-3-5-11)9-21-10-14-16-15(17-20-14)12-6-7-19-8-12/h1-8,13,18H,9-10H2. The van der Waals surface area contributed by atoms with Crippen molar-refractivity contribution in [2.45, 2.75) is 11.9 Å². The summed E-state index contributed by atoms with van der Waals surface area (Å²) in [6.07, 6.45) is 2.64. The van der Waals surface area contributed by atoms with Gasteiger partial charge in [0, 0.05) is 5.75 Å². The lowest BCUT2D eigenvalue weighted by molar-refractivity contribution is 0.204. The molecule has 1 unspecified atom stereocenters. The molecule has 0 aliphatic carbocycles. The van der Waals surface area contributed by atoms with Gasteiger partial charge in [0.05, 0.1) is 23.7 Å². The summed E-state index contributed by atoms with van der Waals surface area (Å²) in [7, 11) is 0. The summed E-state index contributed by atoms with van der Waals surface area (Å²) in [4.78, 5) is 4.28. The second kappa shape index (κ2) is 6.60. The highest BCUT2D eigenvalue weighted by Gasteiger charge is 2.11. The maximum absolute atomic E-state index is 10.1. The summed E-state index contributed by atoms with van der Waals surface area (Å²) in [5.41, 5.74) is 1.70. The molecular weight excluding hydrogens is 288 g/mol. The third kappa shape index (κ3) is 3.53. The van der Waals surface area contributed by atoms with Crippen molar-refractivity contribution in [3.05, 3.63) is 60.4 Å². The van der Waals surface area contributed by atoms with Crippen LogP contribution in [0.25, 0.3) is 11.4 Å². The van der Waals surface area contributed by atoms with Gasteiger partial charge >= 0.3 is 0 Å². The number of aliphatic hydroxyl groups is 1. The van der Waals surface area contributed by atoms with E-state index in [-0.39, 0.29) is 0 Å². The van der Waals surface area contributed by atoms with Gasteiger partial charge in [-0.1, -0.05) is 35.5 Å². The minimum absolute atomic E-state index is 0.493. The van der Waals surface area contributed by atoms with E-state index in [1.54, 1.807) is 30.4 Å². The highest BCUT2D eigenvalue weighted by Crippen LogP contribution is 2.22. The minimum atomic E-state index is -0.493. The van der Waals surface area contributed by atoms with Crippen molar-refractivity contribution in [3.63, 3.8) is 0 Å². The van der Waals surface area contributed by atoms with E-state index in [2.05, 4.69) is 10.1 Å². The molecule has 3 rings (SSSR count). The van der Waals surface area contributed by atoms with E-state index in [0.717, 1.165) is 11.1 Å². The van der Waals surface area contributed by atoms with Gasteiger partial charge in [0.25, 0.3) is 0 Å². The fourth-order valence-corrected chi connectivity index (χ4v) is 2.68. The van der Waals surface area contributed by atoms with Crippen LogP contribution in [0.1, 0.15) is 17.6 Å². The first-order valence-corrected chi connectivity index (χ1v) is 7.64. The molecule has 2 heterocycles. The van der Waals surface area contributed by atoms with Crippen LogP contribution < -0.4 is 0 Å². The van der Waals surface area contributed by atoms with Crippen LogP contribution in [0.5, 0.6) is 0 Å². The number of aromatic nitrogens is 2. The number of furan rings is 1. The molecule has 5 nitrogen and oxygen atoms in total. The smallest absolute Gasteiger partial charge is 0.236 e. The highest BCUT2D eigenvalue weighted by atomic mass is 32.2. The van der Waals surface area contributed by atoms with E-state index in [4.69, 9.17) is 8.94 Å². The van der Waals surface area contributed by atoms with Gasteiger partial charge < -0.3 is 14.0 Å². The fourth-order valence-electron chi connectivity index (χ4n) is 1.85. The van der Waals surface area contributed by atoms with Crippen LogP contribution in [0.2, 0.25) is 0 Å². The maximum Gasteiger partial charge on any atom is 0.236 e. The van der Waals surface area contributed by atoms with Gasteiger partial charge in [-0.15, -0.1) is 11.8 Å². The van der Waals surface area contributed by atoms with Crippen LogP contribution in [0.15, 0.2) is 57.9 Å². The van der Waals surface area contributed by atoms with E-state index in [1.165, 1.54) is 0 Å². The molecule has 6 heteroatoms. The predicted octanol–water partition coefficient (Wildman–Crippen LogP) is 3.30. The number of hydrogen-bond donors (Lipinski definition) is 1. The number of rotatable bonds is 6. The van der Waals surface area contributed by atoms with Crippen LogP contribution in [0.3, 0.4) is 0 Å². The molecule has 108 valence electrons. The van der Waals surface area contributed by atoms with Gasteiger partial charge in [0.1, 0.15) is 6.26 Å². The molecule has 1 atom stereocenters. The molecule has 0 radical (unpaired) electrons. The molecule has 3 aromatic rings. The Balaban J connectivity index is 1.52. The van der Waals surface area contributed by atoms with Crippen LogP contribution >= 0.6 is 11.8 Å². The first-order chi connectivity index (χ1) is 10.3. The number of aliphatic hydroxyl groups excluding tert-OH is 1. The van der Waals surface area contributed by atoms with Crippen molar-refractivity contribution in [3.8, 4) is 11.4 Å². The Morgan fingerprint density at radius 3 is 2.81 bits per heavy atom. The topological polar surface area (TPSA) is 72.3 Å². The van der Waals surface area contributed by atoms with Crippen molar-refractivity contribution in [2.24, 2.45) is 0 Å². The second-order valence-corrected chi connectivity index (χ2v) is 5.50. The first-order valence-electron chi connectivity index (χ1n) is 6.49. The average molecular weight is 302 g/mol. The Kier molecular flexibility index (Phi) is 4.37.